The minimum absolute atomic E-state index is 0.0882. The van der Waals surface area contributed by atoms with Crippen LogP contribution in [0, 0.1) is 5.92 Å². The number of amides is 1. The van der Waals surface area contributed by atoms with Crippen LogP contribution < -0.4 is 0 Å². The minimum Gasteiger partial charge on any atom is -0.463 e. The Labute approximate surface area is 194 Å². The van der Waals surface area contributed by atoms with Crippen LogP contribution in [-0.4, -0.2) is 72.1 Å². The van der Waals surface area contributed by atoms with Gasteiger partial charge in [0, 0.05) is 43.9 Å². The Balaban J connectivity index is 2.47. The molecule has 174 valence electrons. The molecule has 1 aliphatic rings. The van der Waals surface area contributed by atoms with E-state index in [0.29, 0.717) is 9.92 Å². The number of thioether (sulfide) groups is 1. The van der Waals surface area contributed by atoms with Crippen molar-refractivity contribution in [2.75, 3.05) is 20.7 Å². The maximum atomic E-state index is 12.6. The van der Waals surface area contributed by atoms with Gasteiger partial charge in [-0.25, -0.2) is 4.98 Å². The van der Waals surface area contributed by atoms with Crippen molar-refractivity contribution in [2.45, 2.75) is 49.4 Å². The lowest BCUT2D eigenvalue weighted by Crippen LogP contribution is -2.54. The number of hydrogen-bond donors (Lipinski definition) is 0. The maximum absolute atomic E-state index is 12.6. The van der Waals surface area contributed by atoms with Gasteiger partial charge in [0.05, 0.1) is 17.2 Å². The van der Waals surface area contributed by atoms with Gasteiger partial charge in [0.1, 0.15) is 23.8 Å². The van der Waals surface area contributed by atoms with E-state index in [1.165, 1.54) is 24.9 Å². The van der Waals surface area contributed by atoms with Crippen LogP contribution >= 0.6 is 23.4 Å². The van der Waals surface area contributed by atoms with E-state index in [4.69, 9.17) is 31.3 Å². The summed E-state index contributed by atoms with van der Waals surface area (Å²) in [7, 11) is 3.17. The molecule has 0 aromatic carbocycles. The smallest absolute Gasteiger partial charge is 0.303 e. The van der Waals surface area contributed by atoms with E-state index in [0.717, 1.165) is 11.8 Å². The zero-order chi connectivity index (χ0) is 24.0. The number of esters is 2. The summed E-state index contributed by atoms with van der Waals surface area (Å²) >= 11 is 7.16. The Morgan fingerprint density at radius 3 is 2.59 bits per heavy atom. The number of rotatable bonds is 7. The van der Waals surface area contributed by atoms with Crippen LogP contribution in [0.2, 0.25) is 5.02 Å². The first-order chi connectivity index (χ1) is 15.0. The standard InChI is InChI=1S/C19H24ClN5O6S/c1-9-13(8-29-10(2)26)31-19(17(30-11(3)27)15(9)23-24-21)32-14-6-12(20)7-22-16(14)18(28)25(4)5/h6-7,9,13,15,17,19H,8H2,1-5H3/t9-,13?,15?,17-,19+/m0/s1. The monoisotopic (exact) mass is 485 g/mol. The highest BCUT2D eigenvalue weighted by molar-refractivity contribution is 8.00. The first kappa shape index (κ1) is 25.7. The number of nitrogens with zero attached hydrogens (tertiary/aromatic N) is 5. The average molecular weight is 486 g/mol. The van der Waals surface area contributed by atoms with Gasteiger partial charge in [-0.3, -0.25) is 14.4 Å². The fourth-order valence-electron chi connectivity index (χ4n) is 3.09. The fraction of sp³-hybridized carbons (Fsp3) is 0.579. The largest absolute Gasteiger partial charge is 0.463 e. The fourth-order valence-corrected chi connectivity index (χ4v) is 4.56. The van der Waals surface area contributed by atoms with Crippen LogP contribution in [0.4, 0.5) is 0 Å². The van der Waals surface area contributed by atoms with Gasteiger partial charge < -0.3 is 19.1 Å². The first-order valence-electron chi connectivity index (χ1n) is 9.59. The molecule has 0 bridgehead atoms. The Kier molecular flexibility index (Phi) is 9.14. The van der Waals surface area contributed by atoms with Crippen LogP contribution in [0.5, 0.6) is 0 Å². The molecule has 2 rings (SSSR count). The molecular formula is C19H24ClN5O6S. The molecule has 0 aliphatic carbocycles. The molecule has 11 nitrogen and oxygen atoms in total. The molecule has 1 fully saturated rings. The number of ether oxygens (including phenoxy) is 3. The third kappa shape index (κ3) is 6.49. The number of carbonyl (C=O) groups excluding carboxylic acids is 3. The van der Waals surface area contributed by atoms with Crippen LogP contribution in [0.15, 0.2) is 22.3 Å². The molecule has 0 spiro atoms. The summed E-state index contributed by atoms with van der Waals surface area (Å²) in [6.07, 6.45) is -0.278. The van der Waals surface area contributed by atoms with E-state index in [1.807, 2.05) is 0 Å². The predicted molar refractivity (Wildman–Crippen MR) is 116 cm³/mol. The van der Waals surface area contributed by atoms with Gasteiger partial charge in [-0.2, -0.15) is 0 Å². The topological polar surface area (TPSA) is 144 Å². The van der Waals surface area contributed by atoms with Crippen molar-refractivity contribution < 1.29 is 28.6 Å². The number of aromatic nitrogens is 1. The average Bonchev–Trinajstić information content (AvgIpc) is 2.70. The lowest BCUT2D eigenvalue weighted by Gasteiger charge is -2.43. The van der Waals surface area contributed by atoms with E-state index >= 15 is 0 Å². The zero-order valence-electron chi connectivity index (χ0n) is 18.2. The Morgan fingerprint density at radius 1 is 1.34 bits per heavy atom. The molecule has 0 saturated carbocycles. The molecule has 2 heterocycles. The van der Waals surface area contributed by atoms with Crippen molar-refractivity contribution in [1.82, 2.24) is 9.88 Å². The lowest BCUT2D eigenvalue weighted by atomic mass is 9.89. The molecule has 1 aromatic rings. The van der Waals surface area contributed by atoms with E-state index in [2.05, 4.69) is 15.0 Å². The van der Waals surface area contributed by atoms with E-state index < -0.39 is 41.5 Å². The van der Waals surface area contributed by atoms with Crippen molar-refractivity contribution >= 4 is 41.2 Å². The van der Waals surface area contributed by atoms with Crippen LogP contribution in [0.25, 0.3) is 10.4 Å². The van der Waals surface area contributed by atoms with Crippen molar-refractivity contribution in [2.24, 2.45) is 11.0 Å². The third-order valence-electron chi connectivity index (χ3n) is 4.65. The van der Waals surface area contributed by atoms with Gasteiger partial charge in [0.2, 0.25) is 0 Å². The molecule has 1 amide bonds. The van der Waals surface area contributed by atoms with Gasteiger partial charge in [-0.15, -0.1) is 0 Å². The molecular weight excluding hydrogens is 462 g/mol. The second kappa shape index (κ2) is 11.4. The van der Waals surface area contributed by atoms with Crippen molar-refractivity contribution in [1.29, 1.82) is 0 Å². The maximum Gasteiger partial charge on any atom is 0.303 e. The van der Waals surface area contributed by atoms with Gasteiger partial charge in [-0.05, 0) is 17.5 Å². The molecule has 5 atom stereocenters. The summed E-state index contributed by atoms with van der Waals surface area (Å²) in [4.78, 5) is 44.5. The quantitative estimate of drug-likeness (QED) is 0.248. The highest BCUT2D eigenvalue weighted by atomic mass is 35.5. The Hall–Kier alpha value is -2.53. The van der Waals surface area contributed by atoms with Crippen molar-refractivity contribution in [3.63, 3.8) is 0 Å². The Morgan fingerprint density at radius 2 is 2.03 bits per heavy atom. The summed E-state index contributed by atoms with van der Waals surface area (Å²) in [5.74, 6) is -1.89. The van der Waals surface area contributed by atoms with E-state index in [-0.39, 0.29) is 18.2 Å². The molecule has 0 N–H and O–H groups in total. The van der Waals surface area contributed by atoms with Crippen molar-refractivity contribution in [3.05, 3.63) is 33.4 Å². The molecule has 1 saturated heterocycles. The molecule has 2 unspecified atom stereocenters. The Bertz CT molecular complexity index is 925. The summed E-state index contributed by atoms with van der Waals surface area (Å²) < 4.78 is 16.7. The van der Waals surface area contributed by atoms with Gasteiger partial charge in [-0.1, -0.05) is 35.4 Å². The number of carbonyl (C=O) groups is 3. The molecule has 1 aliphatic heterocycles. The van der Waals surface area contributed by atoms with Crippen LogP contribution in [0.1, 0.15) is 31.3 Å². The van der Waals surface area contributed by atoms with E-state index in [9.17, 15) is 14.4 Å². The normalized spacial score (nSPS) is 24.8. The number of halogens is 1. The minimum atomic E-state index is -0.974. The predicted octanol–water partition coefficient (Wildman–Crippen LogP) is 3.06. The van der Waals surface area contributed by atoms with Gasteiger partial charge >= 0.3 is 11.9 Å². The summed E-state index contributed by atoms with van der Waals surface area (Å²) in [6, 6.07) is 0.738. The third-order valence-corrected chi connectivity index (χ3v) is 6.03. The highest BCUT2D eigenvalue weighted by Gasteiger charge is 2.46. The van der Waals surface area contributed by atoms with E-state index in [1.54, 1.807) is 27.1 Å². The zero-order valence-corrected chi connectivity index (χ0v) is 19.8. The summed E-state index contributed by atoms with van der Waals surface area (Å²) in [5, 5.41) is 4.12. The van der Waals surface area contributed by atoms with Gasteiger partial charge in [0.15, 0.2) is 0 Å². The molecule has 32 heavy (non-hydrogen) atoms. The van der Waals surface area contributed by atoms with Crippen molar-refractivity contribution in [3.8, 4) is 0 Å². The van der Waals surface area contributed by atoms with Crippen LogP contribution in [0.3, 0.4) is 0 Å². The molecule has 0 radical (unpaired) electrons. The SMILES string of the molecule is CC(=O)OCC1O[C@H](Sc2cc(Cl)cnc2C(=O)N(C)C)[C@@H](OC(C)=O)C(N=[N+]=[N-])[C@H]1C. The highest BCUT2D eigenvalue weighted by Crippen LogP contribution is 2.40. The lowest BCUT2D eigenvalue weighted by molar-refractivity contribution is -0.176. The number of hydrogen-bond acceptors (Lipinski definition) is 9. The molecule has 1 aromatic heterocycles. The number of azide groups is 1. The number of pyridine rings is 1. The first-order valence-corrected chi connectivity index (χ1v) is 10.8. The van der Waals surface area contributed by atoms with Gasteiger partial charge in [0.25, 0.3) is 5.91 Å². The molecule has 13 heteroatoms. The van der Waals surface area contributed by atoms with Crippen LogP contribution in [-0.2, 0) is 23.8 Å². The second-order valence-electron chi connectivity index (χ2n) is 7.29. The summed E-state index contributed by atoms with van der Waals surface area (Å²) in [6.45, 7) is 4.15. The second-order valence-corrected chi connectivity index (χ2v) is 8.87. The summed E-state index contributed by atoms with van der Waals surface area (Å²) in [5.41, 5.74) is 8.32.